The Labute approximate surface area is 171 Å². The van der Waals surface area contributed by atoms with E-state index in [0.29, 0.717) is 13.3 Å². The Kier molecular flexibility index (Phi) is 5.34. The molecule has 4 rings (SSSR count). The molecule has 0 aromatic heterocycles. The van der Waals surface area contributed by atoms with Crippen LogP contribution in [0.15, 0.2) is 18.2 Å². The van der Waals surface area contributed by atoms with Crippen LogP contribution in [-0.4, -0.2) is 49.2 Å². The SMILES string of the molecule is CCOC(=O)C1CC[NH+](CN2C(=O)N[C@](C)(c3ccc4c(c3)CCC4)C2=O)CC1. The molecular weight excluding hydrogens is 370 g/mol. The average Bonchev–Trinajstić information content (AvgIpc) is 3.27. The van der Waals surface area contributed by atoms with Crippen molar-refractivity contribution in [1.29, 1.82) is 0 Å². The van der Waals surface area contributed by atoms with Crippen LogP contribution in [0, 0.1) is 5.92 Å². The molecule has 2 fully saturated rings. The first-order valence-corrected chi connectivity index (χ1v) is 10.7. The van der Waals surface area contributed by atoms with Gasteiger partial charge in [-0.3, -0.25) is 9.59 Å². The second-order valence-electron chi connectivity index (χ2n) is 8.56. The fourth-order valence-electron chi connectivity index (χ4n) is 4.82. The Balaban J connectivity index is 1.42. The Hall–Kier alpha value is -2.41. The summed E-state index contributed by atoms with van der Waals surface area (Å²) in [5, 5.41) is 2.92. The van der Waals surface area contributed by atoms with Crippen molar-refractivity contribution < 1.29 is 24.0 Å². The van der Waals surface area contributed by atoms with Crippen LogP contribution in [0.3, 0.4) is 0 Å². The third-order valence-corrected chi connectivity index (χ3v) is 6.65. The van der Waals surface area contributed by atoms with Gasteiger partial charge < -0.3 is 15.0 Å². The van der Waals surface area contributed by atoms with Gasteiger partial charge in [0.25, 0.3) is 5.91 Å². The van der Waals surface area contributed by atoms with E-state index in [0.717, 1.165) is 55.7 Å². The molecule has 1 aromatic rings. The highest BCUT2D eigenvalue weighted by Gasteiger charge is 2.50. The van der Waals surface area contributed by atoms with Gasteiger partial charge in [0.1, 0.15) is 5.54 Å². The van der Waals surface area contributed by atoms with Gasteiger partial charge in [0.15, 0.2) is 6.67 Å². The summed E-state index contributed by atoms with van der Waals surface area (Å²) in [6, 6.07) is 5.82. The van der Waals surface area contributed by atoms with E-state index >= 15 is 0 Å². The van der Waals surface area contributed by atoms with E-state index in [1.54, 1.807) is 6.92 Å². The average molecular weight is 400 g/mol. The standard InChI is InChI=1S/C22H29N3O4/c1-3-29-19(26)16-9-11-24(12-10-16)14-25-20(27)22(2,23-21(25)28)18-8-7-15-5-4-6-17(15)13-18/h7-8,13,16H,3-6,9-12,14H2,1-2H3,(H,23,28)/p+1/t22-/m1/s1. The molecule has 0 saturated carbocycles. The fourth-order valence-corrected chi connectivity index (χ4v) is 4.82. The maximum absolute atomic E-state index is 13.2. The Morgan fingerprint density at radius 2 is 1.97 bits per heavy atom. The lowest BCUT2D eigenvalue weighted by atomic mass is 9.90. The Morgan fingerprint density at radius 1 is 1.24 bits per heavy atom. The van der Waals surface area contributed by atoms with Gasteiger partial charge in [-0.2, -0.15) is 0 Å². The molecule has 1 aliphatic carbocycles. The minimum absolute atomic E-state index is 0.0708. The first-order valence-electron chi connectivity index (χ1n) is 10.7. The van der Waals surface area contributed by atoms with Crippen molar-refractivity contribution in [2.24, 2.45) is 5.92 Å². The molecule has 7 nitrogen and oxygen atoms in total. The summed E-state index contributed by atoms with van der Waals surface area (Å²) in [6.07, 6.45) is 4.71. The van der Waals surface area contributed by atoms with Crippen LogP contribution in [0.4, 0.5) is 4.79 Å². The summed E-state index contributed by atoms with van der Waals surface area (Å²) in [4.78, 5) is 40.3. The summed E-state index contributed by atoms with van der Waals surface area (Å²) >= 11 is 0. The van der Waals surface area contributed by atoms with Crippen molar-refractivity contribution in [2.75, 3.05) is 26.4 Å². The molecule has 0 unspecified atom stereocenters. The molecule has 2 saturated heterocycles. The zero-order chi connectivity index (χ0) is 20.6. The molecule has 0 spiro atoms. The van der Waals surface area contributed by atoms with Crippen LogP contribution < -0.4 is 10.2 Å². The molecule has 29 heavy (non-hydrogen) atoms. The van der Waals surface area contributed by atoms with Crippen LogP contribution in [0.5, 0.6) is 0 Å². The van der Waals surface area contributed by atoms with Gasteiger partial charge in [-0.15, -0.1) is 0 Å². The molecular formula is C22H30N3O4+. The largest absolute Gasteiger partial charge is 0.466 e. The van der Waals surface area contributed by atoms with Crippen LogP contribution >= 0.6 is 0 Å². The fraction of sp³-hybridized carbons (Fsp3) is 0.591. The van der Waals surface area contributed by atoms with Gasteiger partial charge in [-0.1, -0.05) is 18.2 Å². The van der Waals surface area contributed by atoms with Crippen molar-refractivity contribution >= 4 is 17.9 Å². The molecule has 0 bridgehead atoms. The molecule has 3 amide bonds. The number of rotatable bonds is 5. The number of esters is 1. The molecule has 2 heterocycles. The maximum atomic E-state index is 13.2. The maximum Gasteiger partial charge on any atom is 0.329 e. The molecule has 156 valence electrons. The number of ether oxygens (including phenoxy) is 1. The van der Waals surface area contributed by atoms with Crippen LogP contribution in [0.2, 0.25) is 0 Å². The van der Waals surface area contributed by atoms with Crippen LogP contribution in [0.1, 0.15) is 49.8 Å². The predicted molar refractivity (Wildman–Crippen MR) is 106 cm³/mol. The Morgan fingerprint density at radius 3 is 2.69 bits per heavy atom. The van der Waals surface area contributed by atoms with Crippen molar-refractivity contribution in [2.45, 2.75) is 51.5 Å². The number of amides is 3. The summed E-state index contributed by atoms with van der Waals surface area (Å²) < 4.78 is 5.12. The smallest absolute Gasteiger partial charge is 0.329 e. The molecule has 1 aromatic carbocycles. The van der Waals surface area contributed by atoms with E-state index in [4.69, 9.17) is 4.74 Å². The molecule has 3 aliphatic rings. The normalized spacial score (nSPS) is 29.0. The van der Waals surface area contributed by atoms with Gasteiger partial charge in [0, 0.05) is 12.8 Å². The summed E-state index contributed by atoms with van der Waals surface area (Å²) in [6.45, 7) is 5.84. The minimum Gasteiger partial charge on any atom is -0.466 e. The van der Waals surface area contributed by atoms with E-state index in [9.17, 15) is 14.4 Å². The van der Waals surface area contributed by atoms with E-state index in [1.807, 2.05) is 13.0 Å². The third kappa shape index (κ3) is 3.64. The number of hydrogen-bond acceptors (Lipinski definition) is 4. The first kappa shape index (κ1) is 19.9. The number of aryl methyl sites for hydroxylation is 2. The number of carbonyl (C=O) groups excluding carboxylic acids is 3. The summed E-state index contributed by atoms with van der Waals surface area (Å²) in [5.41, 5.74) is 2.48. The van der Waals surface area contributed by atoms with Gasteiger partial charge in [-0.05, 0) is 49.8 Å². The lowest BCUT2D eigenvalue weighted by Gasteiger charge is -2.30. The third-order valence-electron chi connectivity index (χ3n) is 6.65. The highest BCUT2D eigenvalue weighted by molar-refractivity contribution is 6.07. The zero-order valence-corrected chi connectivity index (χ0v) is 17.3. The number of hydrogen-bond donors (Lipinski definition) is 2. The van der Waals surface area contributed by atoms with Crippen molar-refractivity contribution in [3.63, 3.8) is 0 Å². The number of benzene rings is 1. The van der Waals surface area contributed by atoms with Gasteiger partial charge >= 0.3 is 12.0 Å². The number of nitrogens with one attached hydrogen (secondary N) is 2. The number of likely N-dealkylation sites (tertiary alicyclic amines) is 1. The summed E-state index contributed by atoms with van der Waals surface area (Å²) in [5.74, 6) is -0.398. The van der Waals surface area contributed by atoms with Gasteiger partial charge in [-0.25, -0.2) is 9.69 Å². The number of carbonyl (C=O) groups is 3. The minimum atomic E-state index is -1.02. The molecule has 1 atom stereocenters. The van der Waals surface area contributed by atoms with E-state index < -0.39 is 5.54 Å². The van der Waals surface area contributed by atoms with Gasteiger partial charge in [0.05, 0.1) is 25.6 Å². The van der Waals surface area contributed by atoms with E-state index in [1.165, 1.54) is 16.0 Å². The molecule has 7 heteroatoms. The van der Waals surface area contributed by atoms with Crippen molar-refractivity contribution in [3.05, 3.63) is 34.9 Å². The highest BCUT2D eigenvalue weighted by atomic mass is 16.5. The number of urea groups is 1. The van der Waals surface area contributed by atoms with Crippen molar-refractivity contribution in [1.82, 2.24) is 10.2 Å². The lowest BCUT2D eigenvalue weighted by Crippen LogP contribution is -3.14. The molecule has 0 radical (unpaired) electrons. The molecule has 2 aliphatic heterocycles. The highest BCUT2D eigenvalue weighted by Crippen LogP contribution is 2.32. The summed E-state index contributed by atoms with van der Waals surface area (Å²) in [7, 11) is 0. The quantitative estimate of drug-likeness (QED) is 0.565. The number of piperidine rings is 1. The zero-order valence-electron chi connectivity index (χ0n) is 17.3. The second kappa shape index (κ2) is 7.78. The van der Waals surface area contributed by atoms with Crippen LogP contribution in [-0.2, 0) is 32.7 Å². The lowest BCUT2D eigenvalue weighted by molar-refractivity contribution is -0.913. The topological polar surface area (TPSA) is 80.2 Å². The molecule has 2 N–H and O–H groups in total. The van der Waals surface area contributed by atoms with E-state index in [-0.39, 0.29) is 23.8 Å². The number of imide groups is 1. The number of fused-ring (bicyclic) bond motifs is 1. The van der Waals surface area contributed by atoms with Crippen molar-refractivity contribution in [3.8, 4) is 0 Å². The first-order chi connectivity index (χ1) is 13.9. The van der Waals surface area contributed by atoms with Crippen LogP contribution in [0.25, 0.3) is 0 Å². The van der Waals surface area contributed by atoms with Gasteiger partial charge in [0.2, 0.25) is 0 Å². The monoisotopic (exact) mass is 400 g/mol. The number of quaternary nitrogens is 1. The second-order valence-corrected chi connectivity index (χ2v) is 8.56. The number of nitrogens with zero attached hydrogens (tertiary/aromatic N) is 1. The van der Waals surface area contributed by atoms with E-state index in [2.05, 4.69) is 17.4 Å². The Bertz CT molecular complexity index is 831. The predicted octanol–water partition coefficient (Wildman–Crippen LogP) is 0.758.